The lowest BCUT2D eigenvalue weighted by molar-refractivity contribution is 0.0529. The monoisotopic (exact) mass is 407 g/mol. The molecule has 2 fully saturated rings. The number of ether oxygens (including phenoxy) is 1. The van der Waals surface area contributed by atoms with Gasteiger partial charge >= 0.3 is 0 Å². The van der Waals surface area contributed by atoms with Crippen molar-refractivity contribution in [3.05, 3.63) is 59.8 Å². The number of nitrogens with one attached hydrogen (secondary N) is 2. The minimum atomic E-state index is 0.234. The normalized spacial score (nSPS) is 21.1. The molecule has 0 amide bonds. The van der Waals surface area contributed by atoms with Crippen molar-refractivity contribution in [1.82, 2.24) is 15.6 Å². The van der Waals surface area contributed by atoms with Crippen LogP contribution in [-0.2, 0) is 16.7 Å². The Bertz CT molecular complexity index is 832. The van der Waals surface area contributed by atoms with Crippen LogP contribution in [0.2, 0.25) is 0 Å². The number of morpholine rings is 1. The first kappa shape index (κ1) is 20.7. The van der Waals surface area contributed by atoms with Crippen LogP contribution < -0.4 is 15.5 Å². The molecule has 1 saturated heterocycles. The summed E-state index contributed by atoms with van der Waals surface area (Å²) in [5.74, 6) is 1.86. The molecule has 1 aliphatic carbocycles. The van der Waals surface area contributed by atoms with E-state index in [1.165, 1.54) is 24.8 Å². The minimum absolute atomic E-state index is 0.234. The number of aliphatic imine (C=N–C) groups is 1. The largest absolute Gasteiger partial charge is 0.375 e. The summed E-state index contributed by atoms with van der Waals surface area (Å²) in [7, 11) is 1.83. The number of guanidine groups is 1. The third-order valence-electron chi connectivity index (χ3n) is 6.35. The summed E-state index contributed by atoms with van der Waals surface area (Å²) in [4.78, 5) is 11.4. The second-order valence-electron chi connectivity index (χ2n) is 8.43. The topological polar surface area (TPSA) is 61.8 Å². The first-order valence-electron chi connectivity index (χ1n) is 11.0. The molecular weight excluding hydrogens is 374 g/mol. The maximum Gasteiger partial charge on any atom is 0.191 e. The molecule has 4 rings (SSSR count). The van der Waals surface area contributed by atoms with E-state index in [-0.39, 0.29) is 11.5 Å². The highest BCUT2D eigenvalue weighted by atomic mass is 16.5. The Kier molecular flexibility index (Phi) is 6.53. The van der Waals surface area contributed by atoms with Crippen LogP contribution in [-0.4, -0.2) is 50.3 Å². The van der Waals surface area contributed by atoms with Gasteiger partial charge in [0.1, 0.15) is 5.82 Å². The predicted molar refractivity (Wildman–Crippen MR) is 122 cm³/mol. The lowest BCUT2D eigenvalue weighted by Crippen LogP contribution is -2.48. The fraction of sp³-hybridized carbons (Fsp3) is 0.500. The number of benzene rings is 1. The van der Waals surface area contributed by atoms with Crippen molar-refractivity contribution >= 4 is 11.8 Å². The van der Waals surface area contributed by atoms with Gasteiger partial charge in [0.25, 0.3) is 0 Å². The Morgan fingerprint density at radius 3 is 2.67 bits per heavy atom. The fourth-order valence-electron chi connectivity index (χ4n) is 4.36. The van der Waals surface area contributed by atoms with E-state index in [0.29, 0.717) is 6.54 Å². The van der Waals surface area contributed by atoms with Crippen molar-refractivity contribution in [2.75, 3.05) is 38.2 Å². The Balaban J connectivity index is 1.29. The molecule has 1 aliphatic heterocycles. The van der Waals surface area contributed by atoms with Crippen LogP contribution in [0, 0.1) is 0 Å². The summed E-state index contributed by atoms with van der Waals surface area (Å²) >= 11 is 0. The molecule has 1 saturated carbocycles. The van der Waals surface area contributed by atoms with Crippen LogP contribution in [0.15, 0.2) is 53.7 Å². The summed E-state index contributed by atoms with van der Waals surface area (Å²) in [5.41, 5.74) is 2.80. The molecule has 6 heteroatoms. The zero-order valence-corrected chi connectivity index (χ0v) is 18.1. The lowest BCUT2D eigenvalue weighted by atomic mass is 9.64. The SMILES string of the molecule is CN=C(NCc1ccc(N2CCOC(C)C2)nc1)NCC1(c2ccccc2)CCC1. The van der Waals surface area contributed by atoms with E-state index in [9.17, 15) is 0 Å². The van der Waals surface area contributed by atoms with Crippen molar-refractivity contribution in [1.29, 1.82) is 0 Å². The summed E-state index contributed by atoms with van der Waals surface area (Å²) in [6.45, 7) is 6.26. The standard InChI is InChI=1S/C24H33N5O/c1-19-17-29(13-14-30-19)22-10-9-20(15-26-22)16-27-23(25-2)28-18-24(11-6-12-24)21-7-4-3-5-8-21/h3-5,7-10,15,19H,6,11-14,16-18H2,1-2H3,(H2,25,27,28). The lowest BCUT2D eigenvalue weighted by Gasteiger charge is -2.43. The third kappa shape index (κ3) is 4.75. The van der Waals surface area contributed by atoms with Crippen molar-refractivity contribution in [3.8, 4) is 0 Å². The summed E-state index contributed by atoms with van der Waals surface area (Å²) < 4.78 is 5.62. The number of hydrogen-bond acceptors (Lipinski definition) is 4. The third-order valence-corrected chi connectivity index (χ3v) is 6.35. The molecule has 2 heterocycles. The van der Waals surface area contributed by atoms with Crippen LogP contribution in [0.4, 0.5) is 5.82 Å². The number of rotatable bonds is 6. The second-order valence-corrected chi connectivity index (χ2v) is 8.43. The Hall–Kier alpha value is -2.60. The van der Waals surface area contributed by atoms with E-state index in [1.807, 2.05) is 13.2 Å². The van der Waals surface area contributed by atoms with E-state index in [4.69, 9.17) is 4.74 Å². The fourth-order valence-corrected chi connectivity index (χ4v) is 4.36. The van der Waals surface area contributed by atoms with Crippen LogP contribution in [0.3, 0.4) is 0 Å². The minimum Gasteiger partial charge on any atom is -0.375 e. The molecule has 2 aliphatic rings. The highest BCUT2D eigenvalue weighted by Gasteiger charge is 2.38. The van der Waals surface area contributed by atoms with E-state index in [0.717, 1.165) is 43.6 Å². The smallest absolute Gasteiger partial charge is 0.191 e. The molecule has 2 aromatic rings. The predicted octanol–water partition coefficient (Wildman–Crippen LogP) is 3.09. The molecule has 0 spiro atoms. The molecule has 0 bridgehead atoms. The van der Waals surface area contributed by atoms with Crippen molar-refractivity contribution in [2.24, 2.45) is 4.99 Å². The van der Waals surface area contributed by atoms with Crippen molar-refractivity contribution < 1.29 is 4.74 Å². The number of nitrogens with zero attached hydrogens (tertiary/aromatic N) is 3. The van der Waals surface area contributed by atoms with Crippen molar-refractivity contribution in [2.45, 2.75) is 44.2 Å². The maximum atomic E-state index is 5.62. The van der Waals surface area contributed by atoms with Gasteiger partial charge in [0.2, 0.25) is 0 Å². The number of aromatic nitrogens is 1. The summed E-state index contributed by atoms with van der Waals surface area (Å²) in [5, 5.41) is 6.97. The zero-order valence-electron chi connectivity index (χ0n) is 18.1. The first-order chi connectivity index (χ1) is 14.7. The van der Waals surface area contributed by atoms with Crippen LogP contribution in [0.1, 0.15) is 37.3 Å². The van der Waals surface area contributed by atoms with Gasteiger partial charge in [0, 0.05) is 44.8 Å². The number of hydrogen-bond donors (Lipinski definition) is 2. The maximum absolute atomic E-state index is 5.62. The number of anilines is 1. The van der Waals surface area contributed by atoms with E-state index < -0.39 is 0 Å². The van der Waals surface area contributed by atoms with Gasteiger partial charge in [-0.1, -0.05) is 42.8 Å². The van der Waals surface area contributed by atoms with Gasteiger partial charge in [-0.2, -0.15) is 0 Å². The van der Waals surface area contributed by atoms with Crippen LogP contribution in [0.25, 0.3) is 0 Å². The second kappa shape index (κ2) is 9.47. The van der Waals surface area contributed by atoms with Crippen LogP contribution in [0.5, 0.6) is 0 Å². The van der Waals surface area contributed by atoms with Crippen LogP contribution >= 0.6 is 0 Å². The Morgan fingerprint density at radius 1 is 1.20 bits per heavy atom. The van der Waals surface area contributed by atoms with Gasteiger partial charge in [0.05, 0.1) is 12.7 Å². The van der Waals surface area contributed by atoms with Gasteiger partial charge in [0.15, 0.2) is 5.96 Å². The number of pyridine rings is 1. The summed E-state index contributed by atoms with van der Waals surface area (Å²) in [6.07, 6.45) is 5.96. The highest BCUT2D eigenvalue weighted by Crippen LogP contribution is 2.43. The molecule has 0 radical (unpaired) electrons. The molecule has 160 valence electrons. The average Bonchev–Trinajstić information content (AvgIpc) is 2.76. The molecule has 30 heavy (non-hydrogen) atoms. The van der Waals surface area contributed by atoms with Gasteiger partial charge < -0.3 is 20.3 Å². The molecule has 1 aromatic heterocycles. The van der Waals surface area contributed by atoms with E-state index >= 15 is 0 Å². The summed E-state index contributed by atoms with van der Waals surface area (Å²) in [6, 6.07) is 15.1. The molecule has 1 aromatic carbocycles. The molecule has 6 nitrogen and oxygen atoms in total. The van der Waals surface area contributed by atoms with Gasteiger partial charge in [-0.15, -0.1) is 0 Å². The van der Waals surface area contributed by atoms with E-state index in [1.54, 1.807) is 0 Å². The van der Waals surface area contributed by atoms with Gasteiger partial charge in [-0.05, 0) is 37.0 Å². The van der Waals surface area contributed by atoms with Crippen molar-refractivity contribution in [3.63, 3.8) is 0 Å². The Labute approximate surface area is 179 Å². The molecular formula is C24H33N5O. The molecule has 1 unspecified atom stereocenters. The molecule has 2 N–H and O–H groups in total. The highest BCUT2D eigenvalue weighted by molar-refractivity contribution is 5.79. The first-order valence-corrected chi connectivity index (χ1v) is 11.0. The van der Waals surface area contributed by atoms with Gasteiger partial charge in [-0.25, -0.2) is 4.98 Å². The Morgan fingerprint density at radius 2 is 2.03 bits per heavy atom. The average molecular weight is 408 g/mol. The van der Waals surface area contributed by atoms with E-state index in [2.05, 4.69) is 74.9 Å². The zero-order chi connectivity index (χ0) is 20.8. The quantitative estimate of drug-likeness (QED) is 0.569. The molecule has 1 atom stereocenters. The van der Waals surface area contributed by atoms with Gasteiger partial charge in [-0.3, -0.25) is 4.99 Å².